The summed E-state index contributed by atoms with van der Waals surface area (Å²) in [5, 5.41) is 0. The van der Waals surface area contributed by atoms with Gasteiger partial charge in [0.05, 0.1) is 0 Å². The first-order valence-corrected chi connectivity index (χ1v) is 12.5. The van der Waals surface area contributed by atoms with E-state index < -0.39 is 0 Å². The molecule has 0 N–H and O–H groups in total. The first kappa shape index (κ1) is 25.2. The summed E-state index contributed by atoms with van der Waals surface area (Å²) in [5.74, 6) is -0.00949. The van der Waals surface area contributed by atoms with Gasteiger partial charge in [0.2, 0.25) is 0 Å². The molecule has 0 saturated carbocycles. The fraction of sp³-hybridized carbons (Fsp3) is 0.250. The van der Waals surface area contributed by atoms with Crippen molar-refractivity contribution >= 4 is 17.5 Å². The molecule has 4 nitrogen and oxygen atoms in total. The lowest BCUT2D eigenvalue weighted by Crippen LogP contribution is -2.17. The summed E-state index contributed by atoms with van der Waals surface area (Å²) in [4.78, 5) is 24.4. The first-order valence-electron chi connectivity index (χ1n) is 12.5. The molecule has 0 radical (unpaired) electrons. The van der Waals surface area contributed by atoms with E-state index in [4.69, 9.17) is 9.47 Å². The molecular weight excluding hydrogens is 448 g/mol. The molecule has 0 spiro atoms. The Labute approximate surface area is 213 Å². The number of rotatable bonds is 9. The Hall–Kier alpha value is -3.92. The van der Waals surface area contributed by atoms with Crippen LogP contribution in [0.2, 0.25) is 0 Å². The zero-order chi connectivity index (χ0) is 25.3. The van der Waals surface area contributed by atoms with Crippen molar-refractivity contribution in [3.8, 4) is 16.9 Å². The van der Waals surface area contributed by atoms with Gasteiger partial charge in [0, 0.05) is 19.3 Å². The van der Waals surface area contributed by atoms with Crippen molar-refractivity contribution in [1.82, 2.24) is 0 Å². The number of hydrogen-bond acceptors (Lipinski definition) is 4. The predicted octanol–water partition coefficient (Wildman–Crippen LogP) is 7.39. The number of hydrogen-bond donors (Lipinski definition) is 0. The maximum absolute atomic E-state index is 12.2. The Kier molecular flexibility index (Phi) is 8.51. The van der Waals surface area contributed by atoms with Crippen LogP contribution in [0.15, 0.2) is 91.0 Å². The number of esters is 2. The molecule has 3 aromatic rings. The van der Waals surface area contributed by atoms with Crippen molar-refractivity contribution in [1.29, 1.82) is 0 Å². The predicted molar refractivity (Wildman–Crippen MR) is 144 cm³/mol. The van der Waals surface area contributed by atoms with Crippen molar-refractivity contribution in [3.05, 3.63) is 108 Å². The fourth-order valence-electron chi connectivity index (χ4n) is 4.06. The SMILES string of the molecule is Cc1ccc(C2=CCC(OC(=O)CCCCC(=O)Oc3ccc(-c4ccc(C)cc4)cc3)C=C2)cc1. The molecule has 1 aliphatic rings. The molecule has 1 aliphatic carbocycles. The van der Waals surface area contributed by atoms with E-state index in [1.165, 1.54) is 11.1 Å². The van der Waals surface area contributed by atoms with Crippen LogP contribution in [0.25, 0.3) is 16.7 Å². The monoisotopic (exact) mass is 480 g/mol. The fourth-order valence-corrected chi connectivity index (χ4v) is 4.06. The molecule has 0 bridgehead atoms. The zero-order valence-corrected chi connectivity index (χ0v) is 20.9. The average Bonchev–Trinajstić information content (AvgIpc) is 2.89. The summed E-state index contributed by atoms with van der Waals surface area (Å²) in [6.07, 6.45) is 8.20. The maximum Gasteiger partial charge on any atom is 0.311 e. The molecule has 4 rings (SSSR count). The summed E-state index contributed by atoms with van der Waals surface area (Å²) < 4.78 is 11.0. The van der Waals surface area contributed by atoms with Crippen molar-refractivity contribution in [3.63, 3.8) is 0 Å². The van der Waals surface area contributed by atoms with Crippen molar-refractivity contribution in [2.24, 2.45) is 0 Å². The number of ether oxygens (including phenoxy) is 2. The zero-order valence-electron chi connectivity index (χ0n) is 20.9. The van der Waals surface area contributed by atoms with Gasteiger partial charge in [-0.15, -0.1) is 0 Å². The highest BCUT2D eigenvalue weighted by Gasteiger charge is 2.15. The summed E-state index contributed by atoms with van der Waals surface area (Å²) in [6.45, 7) is 4.13. The Morgan fingerprint density at radius 3 is 1.81 bits per heavy atom. The molecule has 0 saturated heterocycles. The maximum atomic E-state index is 12.2. The second-order valence-electron chi connectivity index (χ2n) is 9.22. The van der Waals surface area contributed by atoms with E-state index >= 15 is 0 Å². The van der Waals surface area contributed by atoms with Gasteiger partial charge in [0.25, 0.3) is 0 Å². The van der Waals surface area contributed by atoms with Gasteiger partial charge in [-0.05, 0) is 67.2 Å². The van der Waals surface area contributed by atoms with Gasteiger partial charge < -0.3 is 9.47 Å². The van der Waals surface area contributed by atoms with Crippen LogP contribution in [0.3, 0.4) is 0 Å². The number of unbranched alkanes of at least 4 members (excludes halogenated alkanes) is 1. The number of carbonyl (C=O) groups is 2. The van der Waals surface area contributed by atoms with Gasteiger partial charge in [0.15, 0.2) is 0 Å². The van der Waals surface area contributed by atoms with Crippen LogP contribution in [-0.4, -0.2) is 18.0 Å². The Bertz CT molecular complexity index is 1230. The van der Waals surface area contributed by atoms with E-state index in [2.05, 4.69) is 68.5 Å². The lowest BCUT2D eigenvalue weighted by atomic mass is 9.97. The highest BCUT2D eigenvalue weighted by atomic mass is 16.5. The third kappa shape index (κ3) is 7.29. The molecule has 3 aromatic carbocycles. The third-order valence-corrected chi connectivity index (χ3v) is 6.21. The summed E-state index contributed by atoms with van der Waals surface area (Å²) in [6, 6.07) is 24.2. The van der Waals surface area contributed by atoms with Crippen molar-refractivity contribution in [2.45, 2.75) is 52.1 Å². The van der Waals surface area contributed by atoms with E-state index in [0.717, 1.165) is 22.3 Å². The van der Waals surface area contributed by atoms with E-state index in [0.29, 0.717) is 25.0 Å². The summed E-state index contributed by atoms with van der Waals surface area (Å²) in [5.41, 5.74) is 6.95. The van der Waals surface area contributed by atoms with Gasteiger partial charge in [-0.3, -0.25) is 9.59 Å². The second-order valence-corrected chi connectivity index (χ2v) is 9.22. The minimum absolute atomic E-state index is 0.237. The number of carbonyl (C=O) groups excluding carboxylic acids is 2. The van der Waals surface area contributed by atoms with Crippen LogP contribution in [0.4, 0.5) is 0 Å². The number of allylic oxidation sites excluding steroid dienone is 2. The largest absolute Gasteiger partial charge is 0.458 e. The van der Waals surface area contributed by atoms with Crippen LogP contribution in [-0.2, 0) is 14.3 Å². The van der Waals surface area contributed by atoms with Crippen LogP contribution in [0.1, 0.15) is 48.8 Å². The Balaban J connectivity index is 1.13. The lowest BCUT2D eigenvalue weighted by molar-refractivity contribution is -0.147. The minimum atomic E-state index is -0.296. The van der Waals surface area contributed by atoms with E-state index in [1.54, 1.807) is 12.1 Å². The molecule has 0 amide bonds. The Morgan fingerprint density at radius 1 is 0.722 bits per heavy atom. The first-order chi connectivity index (χ1) is 17.5. The molecule has 1 unspecified atom stereocenters. The van der Waals surface area contributed by atoms with E-state index in [1.807, 2.05) is 24.3 Å². The standard InChI is InChI=1S/C32H32O4/c1-23-7-11-25(12-8-23)27-15-19-29(20-16-27)35-31(33)5-3-4-6-32(34)36-30-21-17-28(18-22-30)26-13-9-24(2)10-14-26/h7-21,30H,3-6,22H2,1-2H3. The summed E-state index contributed by atoms with van der Waals surface area (Å²) in [7, 11) is 0. The quantitative estimate of drug-likeness (QED) is 0.182. The van der Waals surface area contributed by atoms with Crippen LogP contribution >= 0.6 is 0 Å². The third-order valence-electron chi connectivity index (χ3n) is 6.21. The van der Waals surface area contributed by atoms with E-state index in [-0.39, 0.29) is 30.9 Å². The van der Waals surface area contributed by atoms with Crippen molar-refractivity contribution < 1.29 is 19.1 Å². The molecule has 0 aliphatic heterocycles. The molecule has 1 atom stereocenters. The van der Waals surface area contributed by atoms with Crippen molar-refractivity contribution in [2.75, 3.05) is 0 Å². The number of aryl methyl sites for hydroxylation is 2. The topological polar surface area (TPSA) is 52.6 Å². The Morgan fingerprint density at radius 2 is 1.25 bits per heavy atom. The van der Waals surface area contributed by atoms with Gasteiger partial charge >= 0.3 is 11.9 Å². The normalized spacial score (nSPS) is 14.7. The molecular formula is C32H32O4. The molecule has 36 heavy (non-hydrogen) atoms. The highest BCUT2D eigenvalue weighted by molar-refractivity contribution is 5.76. The molecule has 0 heterocycles. The van der Waals surface area contributed by atoms with Crippen LogP contribution in [0.5, 0.6) is 5.75 Å². The second kappa shape index (κ2) is 12.2. The van der Waals surface area contributed by atoms with Gasteiger partial charge in [-0.2, -0.15) is 0 Å². The van der Waals surface area contributed by atoms with Gasteiger partial charge in [-0.25, -0.2) is 0 Å². The smallest absolute Gasteiger partial charge is 0.311 e. The van der Waals surface area contributed by atoms with Crippen LogP contribution < -0.4 is 4.74 Å². The molecule has 4 heteroatoms. The van der Waals surface area contributed by atoms with Crippen LogP contribution in [0, 0.1) is 13.8 Å². The molecule has 0 fully saturated rings. The number of benzene rings is 3. The van der Waals surface area contributed by atoms with E-state index in [9.17, 15) is 9.59 Å². The van der Waals surface area contributed by atoms with Gasteiger partial charge in [0.1, 0.15) is 11.9 Å². The molecule has 184 valence electrons. The minimum Gasteiger partial charge on any atom is -0.458 e. The average molecular weight is 481 g/mol. The molecule has 0 aromatic heterocycles. The highest BCUT2D eigenvalue weighted by Crippen LogP contribution is 2.24. The summed E-state index contributed by atoms with van der Waals surface area (Å²) >= 11 is 0. The van der Waals surface area contributed by atoms with Gasteiger partial charge in [-0.1, -0.05) is 83.9 Å². The lowest BCUT2D eigenvalue weighted by Gasteiger charge is -2.17.